The van der Waals surface area contributed by atoms with Gasteiger partial charge in [-0.3, -0.25) is 9.59 Å². The molecule has 2 amide bonds. The zero-order valence-corrected chi connectivity index (χ0v) is 13.6. The molecule has 0 radical (unpaired) electrons. The van der Waals surface area contributed by atoms with Crippen molar-refractivity contribution >= 4 is 29.2 Å². The van der Waals surface area contributed by atoms with Gasteiger partial charge in [-0.25, -0.2) is 9.80 Å². The molecule has 2 heterocycles. The van der Waals surface area contributed by atoms with Crippen LogP contribution in [0.3, 0.4) is 0 Å². The van der Waals surface area contributed by atoms with Gasteiger partial charge in [-0.05, 0) is 12.1 Å². The molecule has 2 aliphatic rings. The van der Waals surface area contributed by atoms with E-state index in [1.807, 2.05) is 6.07 Å². The fourth-order valence-corrected chi connectivity index (χ4v) is 2.89. The second-order valence-corrected chi connectivity index (χ2v) is 6.04. The number of nitrogens with one attached hydrogen (secondary N) is 1. The highest BCUT2D eigenvalue weighted by Gasteiger charge is 2.42. The first-order valence-electron chi connectivity index (χ1n) is 8.11. The Bertz CT molecular complexity index is 710. The van der Waals surface area contributed by atoms with Crippen molar-refractivity contribution in [2.75, 3.05) is 18.2 Å². The summed E-state index contributed by atoms with van der Waals surface area (Å²) < 4.78 is 5.19. The fraction of sp³-hybridized carbons (Fsp3) is 0.412. The SMILES string of the molecule is O=C(NC1(C(=O)O)CCOCC1)C1=NN(c2ccccc2)C(=O)CC1. The lowest BCUT2D eigenvalue weighted by Crippen LogP contribution is -2.59. The van der Waals surface area contributed by atoms with Crippen LogP contribution in [0.1, 0.15) is 25.7 Å². The number of hydrogen-bond donors (Lipinski definition) is 2. The summed E-state index contributed by atoms with van der Waals surface area (Å²) in [6.07, 6.45) is 0.718. The zero-order chi connectivity index (χ0) is 17.9. The Morgan fingerprint density at radius 3 is 2.48 bits per heavy atom. The molecule has 0 aliphatic carbocycles. The number of ether oxygens (including phenoxy) is 1. The van der Waals surface area contributed by atoms with Gasteiger partial charge in [-0.2, -0.15) is 5.10 Å². The molecule has 0 aromatic heterocycles. The molecule has 1 saturated heterocycles. The lowest BCUT2D eigenvalue weighted by Gasteiger charge is -2.34. The smallest absolute Gasteiger partial charge is 0.329 e. The summed E-state index contributed by atoms with van der Waals surface area (Å²) in [5, 5.41) is 17.5. The Morgan fingerprint density at radius 2 is 1.84 bits per heavy atom. The van der Waals surface area contributed by atoms with Crippen LogP contribution in [0.5, 0.6) is 0 Å². The van der Waals surface area contributed by atoms with Gasteiger partial charge < -0.3 is 15.2 Å². The molecular weight excluding hydrogens is 326 g/mol. The maximum Gasteiger partial charge on any atom is 0.329 e. The molecule has 0 saturated carbocycles. The first-order chi connectivity index (χ1) is 12.0. The number of amides is 2. The molecule has 132 valence electrons. The van der Waals surface area contributed by atoms with Crippen LogP contribution in [0, 0.1) is 0 Å². The average molecular weight is 345 g/mol. The standard InChI is InChI=1S/C17H19N3O5/c21-14-7-6-13(19-20(14)12-4-2-1-3-5-12)15(22)18-17(16(23)24)8-10-25-11-9-17/h1-5H,6-11H2,(H,18,22)(H,23,24). The molecule has 1 fully saturated rings. The van der Waals surface area contributed by atoms with E-state index < -0.39 is 17.4 Å². The molecule has 0 spiro atoms. The summed E-state index contributed by atoms with van der Waals surface area (Å²) >= 11 is 0. The predicted octanol–water partition coefficient (Wildman–Crippen LogP) is 0.919. The van der Waals surface area contributed by atoms with Gasteiger partial charge in [-0.1, -0.05) is 18.2 Å². The van der Waals surface area contributed by atoms with E-state index in [4.69, 9.17) is 4.74 Å². The molecule has 0 atom stereocenters. The average Bonchev–Trinajstić information content (AvgIpc) is 2.63. The number of para-hydroxylation sites is 1. The van der Waals surface area contributed by atoms with E-state index in [9.17, 15) is 19.5 Å². The number of carboxylic acids is 1. The van der Waals surface area contributed by atoms with Gasteiger partial charge in [0.2, 0.25) is 5.91 Å². The molecule has 25 heavy (non-hydrogen) atoms. The van der Waals surface area contributed by atoms with Gasteiger partial charge >= 0.3 is 5.97 Å². The number of rotatable bonds is 4. The summed E-state index contributed by atoms with van der Waals surface area (Å²) in [5.41, 5.74) is -0.635. The number of benzene rings is 1. The van der Waals surface area contributed by atoms with Gasteiger partial charge in [0, 0.05) is 38.9 Å². The lowest BCUT2D eigenvalue weighted by atomic mass is 9.89. The first-order valence-corrected chi connectivity index (χ1v) is 8.11. The van der Waals surface area contributed by atoms with Crippen molar-refractivity contribution in [1.29, 1.82) is 0 Å². The number of aliphatic carboxylic acids is 1. The normalized spacial score (nSPS) is 19.9. The van der Waals surface area contributed by atoms with Gasteiger partial charge in [-0.15, -0.1) is 0 Å². The first kappa shape index (κ1) is 17.1. The maximum atomic E-state index is 12.6. The summed E-state index contributed by atoms with van der Waals surface area (Å²) in [7, 11) is 0. The van der Waals surface area contributed by atoms with Crippen molar-refractivity contribution in [2.45, 2.75) is 31.2 Å². The Hall–Kier alpha value is -2.74. The van der Waals surface area contributed by atoms with Crippen molar-refractivity contribution in [2.24, 2.45) is 5.10 Å². The summed E-state index contributed by atoms with van der Waals surface area (Å²) in [6.45, 7) is 0.543. The summed E-state index contributed by atoms with van der Waals surface area (Å²) in [6, 6.07) is 8.80. The number of anilines is 1. The van der Waals surface area contributed by atoms with E-state index in [1.165, 1.54) is 5.01 Å². The van der Waals surface area contributed by atoms with Crippen molar-refractivity contribution in [1.82, 2.24) is 5.32 Å². The van der Waals surface area contributed by atoms with Gasteiger partial charge in [0.15, 0.2) is 0 Å². The Balaban J connectivity index is 1.81. The topological polar surface area (TPSA) is 108 Å². The predicted molar refractivity (Wildman–Crippen MR) is 89.2 cm³/mol. The van der Waals surface area contributed by atoms with E-state index in [0.717, 1.165) is 0 Å². The molecule has 0 unspecified atom stereocenters. The number of carboxylic acid groups (broad SMARTS) is 1. The molecule has 2 aliphatic heterocycles. The van der Waals surface area contributed by atoms with E-state index >= 15 is 0 Å². The summed E-state index contributed by atoms with van der Waals surface area (Å²) in [4.78, 5) is 36.3. The second-order valence-electron chi connectivity index (χ2n) is 6.04. The van der Waals surface area contributed by atoms with Gasteiger partial charge in [0.05, 0.1) is 5.69 Å². The molecule has 3 rings (SSSR count). The summed E-state index contributed by atoms with van der Waals surface area (Å²) in [5.74, 6) is -1.85. The minimum absolute atomic E-state index is 0.143. The number of carbonyl (C=O) groups excluding carboxylic acids is 2. The monoisotopic (exact) mass is 345 g/mol. The molecular formula is C17H19N3O5. The minimum Gasteiger partial charge on any atom is -0.480 e. The lowest BCUT2D eigenvalue weighted by molar-refractivity contribution is -0.151. The van der Waals surface area contributed by atoms with Gasteiger partial charge in [0.25, 0.3) is 5.91 Å². The molecule has 8 nitrogen and oxygen atoms in total. The second kappa shape index (κ2) is 7.02. The Labute approximate surface area is 144 Å². The molecule has 1 aromatic carbocycles. The Morgan fingerprint density at radius 1 is 1.16 bits per heavy atom. The molecule has 2 N–H and O–H groups in total. The van der Waals surface area contributed by atoms with Crippen molar-refractivity contribution in [3.63, 3.8) is 0 Å². The fourth-order valence-electron chi connectivity index (χ4n) is 2.89. The van der Waals surface area contributed by atoms with E-state index in [0.29, 0.717) is 5.69 Å². The van der Waals surface area contributed by atoms with Crippen LogP contribution in [0.15, 0.2) is 35.4 Å². The molecule has 8 heteroatoms. The van der Waals surface area contributed by atoms with Crippen molar-refractivity contribution in [3.8, 4) is 0 Å². The van der Waals surface area contributed by atoms with E-state index in [1.54, 1.807) is 24.3 Å². The molecule has 0 bridgehead atoms. The van der Waals surface area contributed by atoms with Crippen molar-refractivity contribution < 1.29 is 24.2 Å². The van der Waals surface area contributed by atoms with Crippen LogP contribution in [-0.2, 0) is 19.1 Å². The maximum absolute atomic E-state index is 12.6. The van der Waals surface area contributed by atoms with Crippen LogP contribution in [0.2, 0.25) is 0 Å². The third-order valence-corrected chi connectivity index (χ3v) is 4.40. The zero-order valence-electron chi connectivity index (χ0n) is 13.6. The van der Waals surface area contributed by atoms with Crippen LogP contribution < -0.4 is 10.3 Å². The van der Waals surface area contributed by atoms with Crippen LogP contribution >= 0.6 is 0 Å². The highest BCUT2D eigenvalue weighted by atomic mass is 16.5. The highest BCUT2D eigenvalue weighted by Crippen LogP contribution is 2.23. The number of hydrazone groups is 1. The Kier molecular flexibility index (Phi) is 4.80. The van der Waals surface area contributed by atoms with Crippen LogP contribution in [0.25, 0.3) is 0 Å². The van der Waals surface area contributed by atoms with Gasteiger partial charge in [0.1, 0.15) is 11.3 Å². The van der Waals surface area contributed by atoms with E-state index in [2.05, 4.69) is 10.4 Å². The largest absolute Gasteiger partial charge is 0.480 e. The quantitative estimate of drug-likeness (QED) is 0.843. The number of hydrogen-bond acceptors (Lipinski definition) is 5. The van der Waals surface area contributed by atoms with E-state index in [-0.39, 0.29) is 50.5 Å². The molecule has 1 aromatic rings. The van der Waals surface area contributed by atoms with Crippen molar-refractivity contribution in [3.05, 3.63) is 30.3 Å². The number of carbonyl (C=O) groups is 3. The third kappa shape index (κ3) is 3.53. The minimum atomic E-state index is -1.35. The van der Waals surface area contributed by atoms with Crippen LogP contribution in [0.4, 0.5) is 5.69 Å². The highest BCUT2D eigenvalue weighted by molar-refractivity contribution is 6.40. The third-order valence-electron chi connectivity index (χ3n) is 4.40. The number of nitrogens with zero attached hydrogens (tertiary/aromatic N) is 2. The van der Waals surface area contributed by atoms with Crippen LogP contribution in [-0.4, -0.2) is 47.4 Å².